The van der Waals surface area contributed by atoms with Crippen LogP contribution in [0.4, 0.5) is 0 Å². The van der Waals surface area contributed by atoms with Crippen molar-refractivity contribution in [2.45, 2.75) is 18.7 Å². The molecule has 0 aliphatic heterocycles. The molecule has 3 aromatic rings. The molecule has 1 radical (unpaired) electrons. The largest absolute Gasteiger partial charge is 0.491 e. The van der Waals surface area contributed by atoms with Crippen LogP contribution in [-0.2, 0) is 10.0 Å². The topological polar surface area (TPSA) is 48.3 Å². The first-order valence-electron chi connectivity index (χ1n) is 7.41. The summed E-state index contributed by atoms with van der Waals surface area (Å²) < 4.78 is 33.2. The second kappa shape index (κ2) is 6.15. The standard InChI is InChI=1S/C18H17ClNO3S/c1-4-23-18-13(3)20(17-11-14(19)7-10-16(17)18)24(21,22)15-8-5-12(2)6-9-15/h5-11H,1,4H2,2-3H3. The molecule has 0 fully saturated rings. The Bertz CT molecular complexity index is 1000. The molecule has 0 saturated carbocycles. The quantitative estimate of drug-likeness (QED) is 0.692. The summed E-state index contributed by atoms with van der Waals surface area (Å²) >= 11 is 6.08. The normalized spacial score (nSPS) is 11.8. The Morgan fingerprint density at radius 1 is 1.12 bits per heavy atom. The van der Waals surface area contributed by atoms with Crippen LogP contribution in [0.25, 0.3) is 10.9 Å². The van der Waals surface area contributed by atoms with Gasteiger partial charge in [-0.2, -0.15) is 0 Å². The van der Waals surface area contributed by atoms with E-state index in [1.54, 1.807) is 49.4 Å². The van der Waals surface area contributed by atoms with Crippen LogP contribution in [0.5, 0.6) is 5.75 Å². The fraction of sp³-hybridized carbons (Fsp3) is 0.167. The minimum Gasteiger partial charge on any atom is -0.491 e. The van der Waals surface area contributed by atoms with E-state index in [0.717, 1.165) is 5.56 Å². The number of hydrogen-bond acceptors (Lipinski definition) is 3. The van der Waals surface area contributed by atoms with Gasteiger partial charge < -0.3 is 4.74 Å². The average molecular weight is 363 g/mol. The molecule has 0 aliphatic rings. The van der Waals surface area contributed by atoms with E-state index in [9.17, 15) is 8.42 Å². The van der Waals surface area contributed by atoms with Crippen LogP contribution in [0.1, 0.15) is 11.3 Å². The number of nitrogens with zero attached hydrogens (tertiary/aromatic N) is 1. The number of fused-ring (bicyclic) bond motifs is 1. The molecule has 0 bridgehead atoms. The van der Waals surface area contributed by atoms with Crippen LogP contribution in [0.2, 0.25) is 5.02 Å². The zero-order valence-corrected chi connectivity index (χ0v) is 15.0. The molecule has 1 heterocycles. The Kier molecular flexibility index (Phi) is 4.32. The van der Waals surface area contributed by atoms with Gasteiger partial charge in [0, 0.05) is 10.4 Å². The predicted octanol–water partition coefficient (Wildman–Crippen LogP) is 4.36. The minimum absolute atomic E-state index is 0.202. The number of aromatic nitrogens is 1. The molecule has 1 aromatic heterocycles. The summed E-state index contributed by atoms with van der Waals surface area (Å²) in [6.45, 7) is 7.50. The highest BCUT2D eigenvalue weighted by atomic mass is 35.5. The van der Waals surface area contributed by atoms with Gasteiger partial charge >= 0.3 is 0 Å². The van der Waals surface area contributed by atoms with Crippen molar-refractivity contribution in [2.24, 2.45) is 0 Å². The first-order valence-corrected chi connectivity index (χ1v) is 9.23. The zero-order valence-electron chi connectivity index (χ0n) is 13.4. The predicted molar refractivity (Wildman–Crippen MR) is 96.3 cm³/mol. The highest BCUT2D eigenvalue weighted by Gasteiger charge is 2.25. The molecule has 2 aromatic carbocycles. The van der Waals surface area contributed by atoms with Gasteiger partial charge in [0.05, 0.1) is 22.7 Å². The van der Waals surface area contributed by atoms with Crippen molar-refractivity contribution in [1.82, 2.24) is 3.97 Å². The van der Waals surface area contributed by atoms with Gasteiger partial charge in [-0.3, -0.25) is 0 Å². The third kappa shape index (κ3) is 2.68. The van der Waals surface area contributed by atoms with Crippen LogP contribution in [-0.4, -0.2) is 19.0 Å². The lowest BCUT2D eigenvalue weighted by atomic mass is 10.2. The van der Waals surface area contributed by atoms with Crippen molar-refractivity contribution >= 4 is 32.5 Å². The molecular formula is C18H17ClNO3S. The highest BCUT2D eigenvalue weighted by molar-refractivity contribution is 7.90. The van der Waals surface area contributed by atoms with Crippen molar-refractivity contribution in [1.29, 1.82) is 0 Å². The Hall–Kier alpha value is -1.98. The first-order chi connectivity index (χ1) is 11.4. The number of rotatable bonds is 4. The van der Waals surface area contributed by atoms with Gasteiger partial charge in [-0.05, 0) is 51.1 Å². The summed E-state index contributed by atoms with van der Waals surface area (Å²) in [5.74, 6) is 0.507. The zero-order chi connectivity index (χ0) is 17.5. The van der Waals surface area contributed by atoms with Gasteiger partial charge in [0.1, 0.15) is 5.75 Å². The number of benzene rings is 2. The van der Waals surface area contributed by atoms with Crippen LogP contribution < -0.4 is 4.74 Å². The molecule has 0 unspecified atom stereocenters. The Labute approximate surface area is 146 Å². The van der Waals surface area contributed by atoms with Crippen molar-refractivity contribution in [3.05, 3.63) is 65.7 Å². The Morgan fingerprint density at radius 2 is 1.79 bits per heavy atom. The first kappa shape index (κ1) is 16.9. The number of halogens is 1. The van der Waals surface area contributed by atoms with Gasteiger partial charge in [0.2, 0.25) is 0 Å². The van der Waals surface area contributed by atoms with Crippen LogP contribution in [0.3, 0.4) is 0 Å². The molecule has 0 amide bonds. The molecule has 4 nitrogen and oxygen atoms in total. The maximum Gasteiger partial charge on any atom is 0.268 e. The molecule has 0 spiro atoms. The van der Waals surface area contributed by atoms with Gasteiger partial charge in [0.15, 0.2) is 0 Å². The van der Waals surface area contributed by atoms with Crippen molar-refractivity contribution in [3.8, 4) is 5.75 Å². The van der Waals surface area contributed by atoms with E-state index < -0.39 is 10.0 Å². The van der Waals surface area contributed by atoms with Crippen LogP contribution in [0.15, 0.2) is 47.4 Å². The lowest BCUT2D eigenvalue weighted by Crippen LogP contribution is -2.14. The lowest BCUT2D eigenvalue weighted by molar-refractivity contribution is 0.362. The van der Waals surface area contributed by atoms with E-state index in [0.29, 0.717) is 27.4 Å². The van der Waals surface area contributed by atoms with E-state index in [-0.39, 0.29) is 11.5 Å². The third-order valence-corrected chi connectivity index (χ3v) is 5.92. The van der Waals surface area contributed by atoms with E-state index in [2.05, 4.69) is 6.92 Å². The SMILES string of the molecule is [CH2]COc1c(C)n(S(=O)(=O)c2ccc(C)cc2)c2cc(Cl)ccc12. The molecule has 0 N–H and O–H groups in total. The number of hydrogen-bond donors (Lipinski definition) is 0. The monoisotopic (exact) mass is 362 g/mol. The minimum atomic E-state index is -3.77. The average Bonchev–Trinajstić information content (AvgIpc) is 2.80. The van der Waals surface area contributed by atoms with Gasteiger partial charge in [-0.25, -0.2) is 12.4 Å². The maximum absolute atomic E-state index is 13.2. The number of ether oxygens (including phenoxy) is 1. The lowest BCUT2D eigenvalue weighted by Gasteiger charge is -2.10. The number of aryl methyl sites for hydroxylation is 1. The summed E-state index contributed by atoms with van der Waals surface area (Å²) in [4.78, 5) is 0.217. The molecule has 0 saturated heterocycles. The fourth-order valence-corrected chi connectivity index (χ4v) is 4.45. The Balaban J connectivity index is 2.34. The fourth-order valence-electron chi connectivity index (χ4n) is 2.74. The molecule has 6 heteroatoms. The second-order valence-electron chi connectivity index (χ2n) is 5.51. The van der Waals surface area contributed by atoms with Crippen molar-refractivity contribution in [2.75, 3.05) is 6.61 Å². The van der Waals surface area contributed by atoms with E-state index in [1.165, 1.54) is 3.97 Å². The highest BCUT2D eigenvalue weighted by Crippen LogP contribution is 2.36. The molecule has 125 valence electrons. The summed E-state index contributed by atoms with van der Waals surface area (Å²) in [6.07, 6.45) is 0. The van der Waals surface area contributed by atoms with Gasteiger partial charge in [0.25, 0.3) is 10.0 Å². The summed E-state index contributed by atoms with van der Waals surface area (Å²) in [5.41, 5.74) is 1.98. The summed E-state index contributed by atoms with van der Waals surface area (Å²) in [5, 5.41) is 1.15. The summed E-state index contributed by atoms with van der Waals surface area (Å²) in [7, 11) is -3.77. The maximum atomic E-state index is 13.2. The third-order valence-electron chi connectivity index (χ3n) is 3.86. The van der Waals surface area contributed by atoms with Crippen LogP contribution >= 0.6 is 11.6 Å². The molecule has 0 aliphatic carbocycles. The van der Waals surface area contributed by atoms with E-state index in [1.807, 2.05) is 6.92 Å². The van der Waals surface area contributed by atoms with E-state index >= 15 is 0 Å². The molecule has 24 heavy (non-hydrogen) atoms. The summed E-state index contributed by atoms with van der Waals surface area (Å²) in [6, 6.07) is 11.8. The van der Waals surface area contributed by atoms with Gasteiger partial charge in [-0.15, -0.1) is 0 Å². The van der Waals surface area contributed by atoms with E-state index in [4.69, 9.17) is 16.3 Å². The van der Waals surface area contributed by atoms with Crippen molar-refractivity contribution in [3.63, 3.8) is 0 Å². The Morgan fingerprint density at radius 3 is 2.42 bits per heavy atom. The molecule has 3 rings (SSSR count). The van der Waals surface area contributed by atoms with Gasteiger partial charge in [-0.1, -0.05) is 29.3 Å². The van der Waals surface area contributed by atoms with Crippen LogP contribution in [0, 0.1) is 20.8 Å². The van der Waals surface area contributed by atoms with Crippen molar-refractivity contribution < 1.29 is 13.2 Å². The second-order valence-corrected chi connectivity index (χ2v) is 7.73. The smallest absolute Gasteiger partial charge is 0.268 e. The molecular weight excluding hydrogens is 346 g/mol. The molecule has 0 atom stereocenters.